The molecule has 0 aliphatic carbocycles. The zero-order valence-electron chi connectivity index (χ0n) is 16.7. The van der Waals surface area contributed by atoms with E-state index in [4.69, 9.17) is 0 Å². The number of hydrogen-bond acceptors (Lipinski definition) is 8. The van der Waals surface area contributed by atoms with Gasteiger partial charge in [-0.25, -0.2) is 8.42 Å². The number of aromatic nitrogens is 2. The van der Waals surface area contributed by atoms with E-state index in [0.717, 1.165) is 16.1 Å². The van der Waals surface area contributed by atoms with Crippen molar-refractivity contribution in [2.75, 3.05) is 27.6 Å². The Kier molecular flexibility index (Phi) is 6.29. The second-order valence-corrected chi connectivity index (χ2v) is 11.4. The average Bonchev–Trinajstić information content (AvgIpc) is 3.16. The third-order valence-electron chi connectivity index (χ3n) is 4.10. The van der Waals surface area contributed by atoms with Gasteiger partial charge in [-0.15, -0.1) is 10.2 Å². The Hall–Kier alpha value is -3.03. The minimum Gasteiger partial charge on any atom is -0.296 e. The molecule has 10 nitrogen and oxygen atoms in total. The van der Waals surface area contributed by atoms with Crippen LogP contribution in [0.4, 0.5) is 16.5 Å². The van der Waals surface area contributed by atoms with Crippen molar-refractivity contribution in [2.45, 2.75) is 11.3 Å². The predicted octanol–water partition coefficient (Wildman–Crippen LogP) is 2.30. The van der Waals surface area contributed by atoms with E-state index in [-0.39, 0.29) is 20.8 Å². The van der Waals surface area contributed by atoms with Crippen molar-refractivity contribution < 1.29 is 21.6 Å². The first-order chi connectivity index (χ1) is 14.5. The lowest BCUT2D eigenvalue weighted by molar-refractivity contribution is 0.102. The lowest BCUT2D eigenvalue weighted by Crippen LogP contribution is -2.24. The van der Waals surface area contributed by atoms with E-state index in [1.165, 1.54) is 31.3 Å². The van der Waals surface area contributed by atoms with Crippen LogP contribution in [0.1, 0.15) is 15.9 Å². The van der Waals surface area contributed by atoms with Gasteiger partial charge in [0.2, 0.25) is 15.2 Å². The predicted molar refractivity (Wildman–Crippen MR) is 120 cm³/mol. The van der Waals surface area contributed by atoms with E-state index in [1.807, 2.05) is 13.0 Å². The quantitative estimate of drug-likeness (QED) is 0.494. The Morgan fingerprint density at radius 3 is 2.42 bits per heavy atom. The number of carbonyl (C=O) groups excluding carboxylic acids is 1. The van der Waals surface area contributed by atoms with E-state index in [9.17, 15) is 21.6 Å². The molecule has 0 spiro atoms. The molecule has 2 N–H and O–H groups in total. The van der Waals surface area contributed by atoms with E-state index < -0.39 is 26.0 Å². The molecule has 0 aliphatic rings. The summed E-state index contributed by atoms with van der Waals surface area (Å²) >= 11 is 0.690. The Morgan fingerprint density at radius 2 is 1.74 bits per heavy atom. The van der Waals surface area contributed by atoms with Gasteiger partial charge in [-0.1, -0.05) is 35.1 Å². The van der Waals surface area contributed by atoms with Gasteiger partial charge in [-0.2, -0.15) is 8.42 Å². The van der Waals surface area contributed by atoms with Crippen molar-refractivity contribution in [3.8, 4) is 0 Å². The Balaban J connectivity index is 1.77. The van der Waals surface area contributed by atoms with Crippen LogP contribution in [-0.4, -0.2) is 46.2 Å². The summed E-state index contributed by atoms with van der Waals surface area (Å²) in [6.07, 6.45) is 1.04. The van der Waals surface area contributed by atoms with Gasteiger partial charge in [0.25, 0.3) is 20.3 Å². The van der Waals surface area contributed by atoms with Crippen LogP contribution in [-0.2, 0) is 20.0 Å². The maximum atomic E-state index is 12.6. The Bertz CT molecular complexity index is 1340. The van der Waals surface area contributed by atoms with Gasteiger partial charge in [-0.3, -0.25) is 19.1 Å². The highest BCUT2D eigenvalue weighted by atomic mass is 32.2. The largest absolute Gasteiger partial charge is 0.296 e. The van der Waals surface area contributed by atoms with Gasteiger partial charge in [0.05, 0.1) is 17.6 Å². The first-order valence-corrected chi connectivity index (χ1v) is 12.9. The van der Waals surface area contributed by atoms with Crippen LogP contribution in [0.2, 0.25) is 0 Å². The minimum atomic E-state index is -4.10. The summed E-state index contributed by atoms with van der Waals surface area (Å²) in [5.74, 6) is -0.437. The van der Waals surface area contributed by atoms with Crippen molar-refractivity contribution >= 4 is 53.8 Å². The minimum absolute atomic E-state index is 0.0254. The number of hydrogen-bond donors (Lipinski definition) is 2. The normalized spacial score (nSPS) is 11.7. The highest BCUT2D eigenvalue weighted by Gasteiger charge is 2.22. The van der Waals surface area contributed by atoms with Crippen LogP contribution >= 0.6 is 11.3 Å². The number of rotatable bonds is 7. The summed E-state index contributed by atoms with van der Waals surface area (Å²) in [7, 11) is -6.25. The molecule has 164 valence electrons. The molecule has 0 unspecified atom stereocenters. The summed E-state index contributed by atoms with van der Waals surface area (Å²) in [4.78, 5) is 12.3. The molecule has 2 aromatic carbocycles. The molecule has 13 heteroatoms. The van der Waals surface area contributed by atoms with E-state index in [1.54, 1.807) is 18.2 Å². The van der Waals surface area contributed by atoms with Crippen molar-refractivity contribution in [3.05, 3.63) is 59.7 Å². The highest BCUT2D eigenvalue weighted by Crippen LogP contribution is 2.25. The SMILES string of the molecule is Cc1cccc(C(=O)Nc2nnc(S(=O)(=O)Nc3cccc(N(C)S(C)(=O)=O)c3)s2)c1. The summed E-state index contributed by atoms with van der Waals surface area (Å²) in [6, 6.07) is 12.8. The number of nitrogens with one attached hydrogen (secondary N) is 2. The second kappa shape index (κ2) is 8.61. The molecule has 3 aromatic rings. The van der Waals surface area contributed by atoms with Gasteiger partial charge in [-0.05, 0) is 37.3 Å². The third-order valence-corrected chi connectivity index (χ3v) is 7.89. The lowest BCUT2D eigenvalue weighted by Gasteiger charge is -2.17. The fourth-order valence-corrected chi connectivity index (χ4v) is 4.92. The maximum absolute atomic E-state index is 12.6. The molecular weight excluding hydrogens is 462 g/mol. The summed E-state index contributed by atoms with van der Waals surface area (Å²) in [5.41, 5.74) is 1.74. The van der Waals surface area contributed by atoms with E-state index >= 15 is 0 Å². The molecule has 0 radical (unpaired) electrons. The van der Waals surface area contributed by atoms with Crippen LogP contribution in [0.5, 0.6) is 0 Å². The molecule has 3 rings (SSSR count). The van der Waals surface area contributed by atoms with Crippen LogP contribution in [0, 0.1) is 6.92 Å². The van der Waals surface area contributed by atoms with Gasteiger partial charge in [0.15, 0.2) is 0 Å². The monoisotopic (exact) mass is 481 g/mol. The molecule has 31 heavy (non-hydrogen) atoms. The second-order valence-electron chi connectivity index (χ2n) is 6.58. The molecule has 0 saturated carbocycles. The number of sulfonamides is 2. The highest BCUT2D eigenvalue weighted by molar-refractivity contribution is 7.94. The van der Waals surface area contributed by atoms with Crippen LogP contribution in [0.15, 0.2) is 52.9 Å². The molecule has 0 saturated heterocycles. The molecule has 0 fully saturated rings. The number of aryl methyl sites for hydroxylation is 1. The van der Waals surface area contributed by atoms with Crippen LogP contribution in [0.25, 0.3) is 0 Å². The van der Waals surface area contributed by atoms with Gasteiger partial charge >= 0.3 is 0 Å². The first-order valence-electron chi connectivity index (χ1n) is 8.74. The van der Waals surface area contributed by atoms with Gasteiger partial charge < -0.3 is 0 Å². The van der Waals surface area contributed by atoms with Crippen LogP contribution < -0.4 is 14.3 Å². The summed E-state index contributed by atoms with van der Waals surface area (Å²) in [6.45, 7) is 1.85. The smallest absolute Gasteiger partial charge is 0.291 e. The Morgan fingerprint density at radius 1 is 1.03 bits per heavy atom. The van der Waals surface area contributed by atoms with E-state index in [2.05, 4.69) is 20.2 Å². The molecule has 1 aromatic heterocycles. The standard InChI is InChI=1S/C18H19N5O5S3/c1-12-6-4-7-13(10-12)16(24)19-17-20-21-18(29-17)31(27,28)22-14-8-5-9-15(11-14)23(2)30(3,25)26/h4-11,22H,1-3H3,(H,19,20,24). The maximum Gasteiger partial charge on any atom is 0.291 e. The number of amides is 1. The first kappa shape index (κ1) is 22.7. The van der Waals surface area contributed by atoms with Gasteiger partial charge in [0, 0.05) is 12.6 Å². The summed E-state index contributed by atoms with van der Waals surface area (Å²) in [5, 5.41) is 9.91. The number of nitrogens with zero attached hydrogens (tertiary/aromatic N) is 3. The van der Waals surface area contributed by atoms with Crippen molar-refractivity contribution in [3.63, 3.8) is 0 Å². The zero-order valence-corrected chi connectivity index (χ0v) is 19.2. The number of anilines is 3. The zero-order chi connectivity index (χ0) is 22.8. The molecule has 0 aliphatic heterocycles. The molecule has 1 amide bonds. The molecule has 1 heterocycles. The number of benzene rings is 2. The van der Waals surface area contributed by atoms with E-state index in [0.29, 0.717) is 16.9 Å². The number of carbonyl (C=O) groups is 1. The fourth-order valence-electron chi connectivity index (χ4n) is 2.48. The van der Waals surface area contributed by atoms with Gasteiger partial charge in [0.1, 0.15) is 0 Å². The molecule has 0 atom stereocenters. The van der Waals surface area contributed by atoms with Crippen LogP contribution in [0.3, 0.4) is 0 Å². The summed E-state index contributed by atoms with van der Waals surface area (Å²) < 4.78 is 51.7. The topological polar surface area (TPSA) is 138 Å². The average molecular weight is 482 g/mol. The van der Waals surface area contributed by atoms with Crippen molar-refractivity contribution in [1.82, 2.24) is 10.2 Å². The third kappa shape index (κ3) is 5.57. The van der Waals surface area contributed by atoms with Crippen molar-refractivity contribution in [1.29, 1.82) is 0 Å². The molecule has 0 bridgehead atoms. The Labute approximate surface area is 184 Å². The van der Waals surface area contributed by atoms with Crippen molar-refractivity contribution in [2.24, 2.45) is 0 Å². The lowest BCUT2D eigenvalue weighted by atomic mass is 10.1. The molecular formula is C18H19N5O5S3. The fraction of sp³-hybridized carbons (Fsp3) is 0.167.